The first kappa shape index (κ1) is 20.6. The molecule has 0 saturated heterocycles. The van der Waals surface area contributed by atoms with Crippen LogP contribution in [0.3, 0.4) is 0 Å². The number of aryl methyl sites for hydroxylation is 3. The Bertz CT molecular complexity index is 1380. The molecule has 2 heterocycles. The molecule has 0 unspecified atom stereocenters. The van der Waals surface area contributed by atoms with E-state index in [4.69, 9.17) is 0 Å². The fourth-order valence-electron chi connectivity index (χ4n) is 3.99. The van der Waals surface area contributed by atoms with Crippen LogP contribution in [-0.4, -0.2) is 19.5 Å². The Hall–Kier alpha value is -3.66. The van der Waals surface area contributed by atoms with Gasteiger partial charge in [0.05, 0.1) is 6.54 Å². The minimum atomic E-state index is -0.722. The lowest BCUT2D eigenvalue weighted by atomic mass is 10.1. The summed E-state index contributed by atoms with van der Waals surface area (Å²) in [6, 6.07) is 9.74. The number of carbonyl (C=O) groups excluding carboxylic acids is 1. The molecule has 31 heavy (non-hydrogen) atoms. The number of aromatic nitrogens is 3. The third kappa shape index (κ3) is 3.55. The zero-order valence-corrected chi connectivity index (χ0v) is 18.1. The molecule has 0 radical (unpaired) electrons. The largest absolute Gasteiger partial charge is 0.331 e. The minimum absolute atomic E-state index is 0.00334. The second-order valence-corrected chi connectivity index (χ2v) is 8.28. The molecule has 0 aliphatic heterocycles. The maximum Gasteiger partial charge on any atom is 0.331 e. The van der Waals surface area contributed by atoms with Crippen LogP contribution in [0.25, 0.3) is 5.69 Å². The average Bonchev–Trinajstić information content (AvgIpc) is 3.52. The summed E-state index contributed by atoms with van der Waals surface area (Å²) in [4.78, 5) is 38.6. The van der Waals surface area contributed by atoms with Gasteiger partial charge in [0.1, 0.15) is 11.6 Å². The summed E-state index contributed by atoms with van der Waals surface area (Å²) in [5, 5.41) is 9.30. The SMILES string of the molecule is Cc1ccc(-n2c(C)cc(C(=O)Cn3c(=O)c(C#N)cn(C4CC4)c3=O)c2C)cc1C. The summed E-state index contributed by atoms with van der Waals surface area (Å²) in [6.45, 7) is 7.47. The average molecular weight is 416 g/mol. The van der Waals surface area contributed by atoms with E-state index in [2.05, 4.69) is 6.07 Å². The van der Waals surface area contributed by atoms with Crippen LogP contribution in [0, 0.1) is 39.0 Å². The maximum atomic E-state index is 13.1. The van der Waals surface area contributed by atoms with Crippen LogP contribution in [0.4, 0.5) is 0 Å². The molecule has 1 saturated carbocycles. The first-order valence-corrected chi connectivity index (χ1v) is 10.3. The van der Waals surface area contributed by atoms with E-state index in [0.717, 1.165) is 40.0 Å². The maximum absolute atomic E-state index is 13.1. The second kappa shape index (κ2) is 7.55. The Morgan fingerprint density at radius 2 is 1.81 bits per heavy atom. The van der Waals surface area contributed by atoms with Gasteiger partial charge in [-0.15, -0.1) is 0 Å². The Kier molecular flexibility index (Phi) is 5.02. The number of ketones is 1. The van der Waals surface area contributed by atoms with Gasteiger partial charge in [-0.2, -0.15) is 5.26 Å². The molecule has 4 rings (SSSR count). The van der Waals surface area contributed by atoms with Crippen molar-refractivity contribution in [2.24, 2.45) is 0 Å². The number of carbonyl (C=O) groups is 1. The smallest absolute Gasteiger partial charge is 0.318 e. The Morgan fingerprint density at radius 3 is 2.42 bits per heavy atom. The van der Waals surface area contributed by atoms with Gasteiger partial charge < -0.3 is 4.57 Å². The summed E-state index contributed by atoms with van der Waals surface area (Å²) in [5.41, 5.74) is 4.00. The monoisotopic (exact) mass is 416 g/mol. The lowest BCUT2D eigenvalue weighted by Gasteiger charge is -2.12. The molecule has 158 valence electrons. The highest BCUT2D eigenvalue weighted by molar-refractivity contribution is 5.97. The molecule has 2 aromatic heterocycles. The Balaban J connectivity index is 1.75. The number of benzene rings is 1. The van der Waals surface area contributed by atoms with Crippen molar-refractivity contribution >= 4 is 5.78 Å². The highest BCUT2D eigenvalue weighted by Crippen LogP contribution is 2.33. The van der Waals surface area contributed by atoms with Gasteiger partial charge in [-0.25, -0.2) is 4.79 Å². The van der Waals surface area contributed by atoms with Crippen molar-refractivity contribution in [1.29, 1.82) is 5.26 Å². The van der Waals surface area contributed by atoms with Gasteiger partial charge in [0, 0.05) is 34.9 Å². The van der Waals surface area contributed by atoms with Crippen molar-refractivity contribution in [3.05, 3.63) is 84.9 Å². The van der Waals surface area contributed by atoms with Crippen LogP contribution in [0.15, 0.2) is 40.1 Å². The molecule has 1 aromatic carbocycles. The minimum Gasteiger partial charge on any atom is -0.318 e. The quantitative estimate of drug-likeness (QED) is 0.598. The van der Waals surface area contributed by atoms with E-state index in [1.165, 1.54) is 16.3 Å². The Labute approximate surface area is 179 Å². The van der Waals surface area contributed by atoms with Crippen molar-refractivity contribution in [1.82, 2.24) is 13.7 Å². The van der Waals surface area contributed by atoms with Crippen LogP contribution < -0.4 is 11.2 Å². The van der Waals surface area contributed by atoms with Crippen LogP contribution in [-0.2, 0) is 6.54 Å². The van der Waals surface area contributed by atoms with Crippen LogP contribution in [0.2, 0.25) is 0 Å². The molecule has 0 amide bonds. The van der Waals surface area contributed by atoms with Gasteiger partial charge in [0.15, 0.2) is 5.78 Å². The summed E-state index contributed by atoms with van der Waals surface area (Å²) >= 11 is 0. The predicted octanol–water partition coefficient (Wildman–Crippen LogP) is 3.12. The lowest BCUT2D eigenvalue weighted by molar-refractivity contribution is 0.0967. The molecule has 3 aromatic rings. The van der Waals surface area contributed by atoms with Crippen molar-refractivity contribution in [2.45, 2.75) is 53.1 Å². The van der Waals surface area contributed by atoms with E-state index in [9.17, 15) is 19.6 Å². The van der Waals surface area contributed by atoms with Crippen molar-refractivity contribution in [3.8, 4) is 11.8 Å². The first-order chi connectivity index (χ1) is 14.7. The first-order valence-electron chi connectivity index (χ1n) is 10.3. The molecule has 0 spiro atoms. The van der Waals surface area contributed by atoms with Crippen LogP contribution in [0.1, 0.15) is 57.3 Å². The third-order valence-corrected chi connectivity index (χ3v) is 6.04. The number of hydrogen-bond acceptors (Lipinski definition) is 4. The third-order valence-electron chi connectivity index (χ3n) is 6.04. The van der Waals surface area contributed by atoms with Gasteiger partial charge in [0.25, 0.3) is 5.56 Å². The summed E-state index contributed by atoms with van der Waals surface area (Å²) in [7, 11) is 0. The van der Waals surface area contributed by atoms with E-state index >= 15 is 0 Å². The van der Waals surface area contributed by atoms with E-state index in [-0.39, 0.29) is 17.4 Å². The topological polar surface area (TPSA) is 89.8 Å². The van der Waals surface area contributed by atoms with E-state index in [1.54, 1.807) is 6.07 Å². The van der Waals surface area contributed by atoms with Gasteiger partial charge >= 0.3 is 5.69 Å². The van der Waals surface area contributed by atoms with Crippen molar-refractivity contribution in [3.63, 3.8) is 0 Å². The molecular formula is C24H24N4O3. The fraction of sp³-hybridized carbons (Fsp3) is 0.333. The molecule has 1 aliphatic rings. The molecule has 7 nitrogen and oxygen atoms in total. The molecular weight excluding hydrogens is 392 g/mol. The summed E-state index contributed by atoms with van der Waals surface area (Å²) in [5.74, 6) is -0.333. The normalized spacial score (nSPS) is 13.3. The molecule has 1 aliphatic carbocycles. The molecule has 0 N–H and O–H groups in total. The van der Waals surface area contributed by atoms with Crippen molar-refractivity contribution < 1.29 is 4.79 Å². The van der Waals surface area contributed by atoms with Crippen LogP contribution >= 0.6 is 0 Å². The number of nitrogens with zero attached hydrogens (tertiary/aromatic N) is 4. The van der Waals surface area contributed by atoms with E-state index < -0.39 is 17.8 Å². The highest BCUT2D eigenvalue weighted by atomic mass is 16.2. The molecule has 1 fully saturated rings. The van der Waals surface area contributed by atoms with Crippen LogP contribution in [0.5, 0.6) is 0 Å². The van der Waals surface area contributed by atoms with Gasteiger partial charge in [-0.3, -0.25) is 18.7 Å². The fourth-order valence-corrected chi connectivity index (χ4v) is 3.99. The van der Waals surface area contributed by atoms with E-state index in [0.29, 0.717) is 5.56 Å². The summed E-state index contributed by atoms with van der Waals surface area (Å²) in [6.07, 6.45) is 2.97. The second-order valence-electron chi connectivity index (χ2n) is 8.28. The standard InChI is InChI=1S/C24H24N4O3/c1-14-5-6-20(9-15(14)2)28-16(3)10-21(17(28)4)22(29)13-27-23(30)18(11-25)12-26(24(27)31)19-7-8-19/h5-6,9-10,12,19H,7-8,13H2,1-4H3. The van der Waals surface area contributed by atoms with Gasteiger partial charge in [-0.05, 0) is 69.9 Å². The van der Waals surface area contributed by atoms with Gasteiger partial charge in [-0.1, -0.05) is 6.07 Å². The zero-order chi connectivity index (χ0) is 22.4. The number of nitriles is 1. The van der Waals surface area contributed by atoms with Crippen molar-refractivity contribution in [2.75, 3.05) is 0 Å². The lowest BCUT2D eigenvalue weighted by Crippen LogP contribution is -2.42. The number of Topliss-reactive ketones (excluding diaryl/α,β-unsaturated/α-hetero) is 1. The Morgan fingerprint density at radius 1 is 1.10 bits per heavy atom. The molecule has 0 bridgehead atoms. The molecule has 0 atom stereocenters. The predicted molar refractivity (Wildman–Crippen MR) is 117 cm³/mol. The molecule has 7 heteroatoms. The highest BCUT2D eigenvalue weighted by Gasteiger charge is 2.28. The van der Waals surface area contributed by atoms with Gasteiger partial charge in [0.2, 0.25) is 0 Å². The number of hydrogen-bond donors (Lipinski definition) is 0. The zero-order valence-electron chi connectivity index (χ0n) is 18.1. The van der Waals surface area contributed by atoms with E-state index in [1.807, 2.05) is 50.5 Å². The summed E-state index contributed by atoms with van der Waals surface area (Å²) < 4.78 is 4.30. The number of rotatable bonds is 5.